The van der Waals surface area contributed by atoms with Gasteiger partial charge in [-0.05, 0) is 86.7 Å². The lowest BCUT2D eigenvalue weighted by Crippen LogP contribution is -2.53. The van der Waals surface area contributed by atoms with Crippen molar-refractivity contribution in [1.82, 2.24) is 10.2 Å². The van der Waals surface area contributed by atoms with E-state index in [9.17, 15) is 18.0 Å². The summed E-state index contributed by atoms with van der Waals surface area (Å²) in [6.45, 7) is 4.99. The van der Waals surface area contributed by atoms with E-state index in [0.29, 0.717) is 17.2 Å². The Kier molecular flexibility index (Phi) is 11.6. The normalized spacial score (nSPS) is 14.2. The Balaban J connectivity index is 1.73. The lowest BCUT2D eigenvalue weighted by molar-refractivity contribution is -0.139. The van der Waals surface area contributed by atoms with Gasteiger partial charge in [0.25, 0.3) is 10.0 Å². The summed E-state index contributed by atoms with van der Waals surface area (Å²) in [6.07, 6.45) is 5.04. The fraction of sp³-hybridized carbons (Fsp3) is 0.429. The molecule has 0 heterocycles. The fourth-order valence-electron chi connectivity index (χ4n) is 5.81. The molecule has 3 aromatic rings. The monoisotopic (exact) mass is 651 g/mol. The van der Waals surface area contributed by atoms with Gasteiger partial charge >= 0.3 is 0 Å². The highest BCUT2D eigenvalue weighted by Crippen LogP contribution is 2.33. The quantitative estimate of drug-likeness (QED) is 0.264. The molecule has 4 rings (SSSR count). The van der Waals surface area contributed by atoms with Gasteiger partial charge in [-0.1, -0.05) is 37.5 Å². The predicted molar refractivity (Wildman–Crippen MR) is 178 cm³/mol. The minimum absolute atomic E-state index is 0.0545. The van der Waals surface area contributed by atoms with Gasteiger partial charge in [0.05, 0.1) is 31.9 Å². The summed E-state index contributed by atoms with van der Waals surface area (Å²) in [5.41, 5.74) is 2.78. The van der Waals surface area contributed by atoms with Crippen LogP contribution in [0.3, 0.4) is 0 Å². The first-order valence-corrected chi connectivity index (χ1v) is 17.0. The second-order valence-electron chi connectivity index (χ2n) is 11.8. The molecule has 0 spiro atoms. The number of methoxy groups -OCH3 is 3. The van der Waals surface area contributed by atoms with Crippen LogP contribution in [0.2, 0.25) is 0 Å². The second-order valence-corrected chi connectivity index (χ2v) is 13.6. The number of nitrogens with zero attached hydrogens (tertiary/aromatic N) is 2. The lowest BCUT2D eigenvalue weighted by Gasteiger charge is -2.33. The highest BCUT2D eigenvalue weighted by Gasteiger charge is 2.34. The van der Waals surface area contributed by atoms with Crippen LogP contribution in [0.4, 0.5) is 5.69 Å². The van der Waals surface area contributed by atoms with Crippen LogP contribution in [0.15, 0.2) is 65.6 Å². The summed E-state index contributed by atoms with van der Waals surface area (Å²) >= 11 is 0. The number of aryl methyl sites for hydroxylation is 2. The van der Waals surface area contributed by atoms with E-state index in [4.69, 9.17) is 14.2 Å². The van der Waals surface area contributed by atoms with E-state index in [0.717, 1.165) is 53.1 Å². The Morgan fingerprint density at radius 2 is 1.48 bits per heavy atom. The van der Waals surface area contributed by atoms with Crippen molar-refractivity contribution in [2.75, 3.05) is 32.2 Å². The summed E-state index contributed by atoms with van der Waals surface area (Å²) in [5.74, 6) is 0.481. The number of benzene rings is 3. The molecule has 1 N–H and O–H groups in total. The van der Waals surface area contributed by atoms with Gasteiger partial charge < -0.3 is 24.4 Å². The van der Waals surface area contributed by atoms with Crippen molar-refractivity contribution in [3.8, 4) is 17.2 Å². The second kappa shape index (κ2) is 15.4. The molecule has 1 aliphatic carbocycles. The molecule has 248 valence electrons. The maximum Gasteiger partial charge on any atom is 0.264 e. The van der Waals surface area contributed by atoms with Crippen molar-refractivity contribution in [1.29, 1.82) is 0 Å². The van der Waals surface area contributed by atoms with Crippen molar-refractivity contribution >= 4 is 27.5 Å². The van der Waals surface area contributed by atoms with Crippen LogP contribution in [-0.4, -0.2) is 65.1 Å². The molecule has 0 unspecified atom stereocenters. The number of sulfonamides is 1. The molecule has 10 nitrogen and oxygen atoms in total. The molecule has 0 aliphatic heterocycles. The SMILES string of the molecule is COc1ccc(CN(C(=O)CN(c2cc(C)cc(C)c2)S(=O)(=O)c2ccc(OC)c(OC)c2)[C@H](C)C(=O)NC2CCCCC2)cc1. The summed E-state index contributed by atoms with van der Waals surface area (Å²) in [6, 6.07) is 16.1. The number of nitrogens with one attached hydrogen (secondary N) is 1. The minimum Gasteiger partial charge on any atom is -0.497 e. The molecule has 0 radical (unpaired) electrons. The maximum absolute atomic E-state index is 14.3. The molecule has 3 aromatic carbocycles. The lowest BCUT2D eigenvalue weighted by atomic mass is 9.95. The van der Waals surface area contributed by atoms with Crippen LogP contribution in [0, 0.1) is 13.8 Å². The standard InChI is InChI=1S/C35H45N3O7S/c1-24-18-25(2)20-29(19-24)38(46(41,42)31-16-17-32(44-5)33(21-31)45-6)23-34(39)37(22-27-12-14-30(43-4)15-13-27)26(3)35(40)36-28-10-8-7-9-11-28/h12-21,26,28H,7-11,22-23H2,1-6H3,(H,36,40)/t26-/m1/s1. The third-order valence-electron chi connectivity index (χ3n) is 8.35. The Bertz CT molecular complexity index is 1600. The number of hydrogen-bond acceptors (Lipinski definition) is 7. The van der Waals surface area contributed by atoms with Crippen molar-refractivity contribution in [2.24, 2.45) is 0 Å². The molecule has 0 aromatic heterocycles. The van der Waals surface area contributed by atoms with E-state index in [-0.39, 0.29) is 29.1 Å². The van der Waals surface area contributed by atoms with E-state index in [1.54, 1.807) is 38.3 Å². The number of amides is 2. The number of carbonyl (C=O) groups excluding carboxylic acids is 2. The Hall–Kier alpha value is -4.25. The molecule has 1 fully saturated rings. The third-order valence-corrected chi connectivity index (χ3v) is 10.1. The van der Waals surface area contributed by atoms with E-state index in [1.165, 1.54) is 37.3 Å². The summed E-state index contributed by atoms with van der Waals surface area (Å²) in [5, 5.41) is 3.13. The molecule has 0 saturated heterocycles. The van der Waals surface area contributed by atoms with Crippen LogP contribution < -0.4 is 23.8 Å². The van der Waals surface area contributed by atoms with Gasteiger partial charge in [0.2, 0.25) is 11.8 Å². The van der Waals surface area contributed by atoms with E-state index in [1.807, 2.05) is 32.0 Å². The number of ether oxygens (including phenoxy) is 3. The first-order chi connectivity index (χ1) is 22.0. The molecular formula is C35H45N3O7S. The van der Waals surface area contributed by atoms with Crippen LogP contribution in [0.25, 0.3) is 0 Å². The van der Waals surface area contributed by atoms with Crippen molar-refractivity contribution in [3.63, 3.8) is 0 Å². The molecule has 11 heteroatoms. The maximum atomic E-state index is 14.3. The highest BCUT2D eigenvalue weighted by molar-refractivity contribution is 7.92. The zero-order valence-corrected chi connectivity index (χ0v) is 28.4. The summed E-state index contributed by atoms with van der Waals surface area (Å²) in [4.78, 5) is 29.3. The molecular weight excluding hydrogens is 606 g/mol. The number of rotatable bonds is 13. The van der Waals surface area contributed by atoms with Crippen LogP contribution in [-0.2, 0) is 26.2 Å². The number of anilines is 1. The smallest absolute Gasteiger partial charge is 0.264 e. The first kappa shape index (κ1) is 34.6. The van der Waals surface area contributed by atoms with Gasteiger partial charge in [-0.2, -0.15) is 0 Å². The van der Waals surface area contributed by atoms with Gasteiger partial charge in [-0.25, -0.2) is 8.42 Å². The first-order valence-electron chi connectivity index (χ1n) is 15.5. The number of carbonyl (C=O) groups is 2. The predicted octanol–water partition coefficient (Wildman–Crippen LogP) is 5.39. The molecule has 46 heavy (non-hydrogen) atoms. The Morgan fingerprint density at radius 1 is 0.848 bits per heavy atom. The highest BCUT2D eigenvalue weighted by atomic mass is 32.2. The molecule has 1 aliphatic rings. The Labute approximate surface area is 272 Å². The molecule has 1 saturated carbocycles. The van der Waals surface area contributed by atoms with Crippen molar-refractivity contribution < 1.29 is 32.2 Å². The number of hydrogen-bond donors (Lipinski definition) is 1. The van der Waals surface area contributed by atoms with E-state index in [2.05, 4.69) is 5.32 Å². The fourth-order valence-corrected chi connectivity index (χ4v) is 7.22. The molecule has 2 amide bonds. The van der Waals surface area contributed by atoms with Crippen molar-refractivity contribution in [2.45, 2.75) is 76.4 Å². The molecule has 0 bridgehead atoms. The summed E-state index contributed by atoms with van der Waals surface area (Å²) in [7, 11) is 0.176. The van der Waals surface area contributed by atoms with Gasteiger partial charge in [-0.15, -0.1) is 0 Å². The van der Waals surface area contributed by atoms with Gasteiger partial charge in [0.1, 0.15) is 18.3 Å². The summed E-state index contributed by atoms with van der Waals surface area (Å²) < 4.78 is 45.8. The van der Waals surface area contributed by atoms with Crippen LogP contribution >= 0.6 is 0 Å². The average Bonchev–Trinajstić information content (AvgIpc) is 3.05. The minimum atomic E-state index is -4.29. The van der Waals surface area contributed by atoms with E-state index >= 15 is 0 Å². The van der Waals surface area contributed by atoms with Crippen LogP contribution in [0.5, 0.6) is 17.2 Å². The zero-order valence-electron chi connectivity index (χ0n) is 27.5. The topological polar surface area (TPSA) is 114 Å². The van der Waals surface area contributed by atoms with Gasteiger partial charge in [0, 0.05) is 18.7 Å². The van der Waals surface area contributed by atoms with E-state index < -0.39 is 28.5 Å². The molecule has 1 atom stereocenters. The van der Waals surface area contributed by atoms with Crippen LogP contribution in [0.1, 0.15) is 55.7 Å². The zero-order chi connectivity index (χ0) is 33.4. The third kappa shape index (κ3) is 8.31. The van der Waals surface area contributed by atoms with Gasteiger partial charge in [-0.3, -0.25) is 13.9 Å². The average molecular weight is 652 g/mol. The van der Waals surface area contributed by atoms with Gasteiger partial charge in [0.15, 0.2) is 11.5 Å². The Morgan fingerprint density at radius 3 is 2.07 bits per heavy atom. The largest absolute Gasteiger partial charge is 0.497 e. The van der Waals surface area contributed by atoms with Crippen molar-refractivity contribution in [3.05, 3.63) is 77.4 Å².